The van der Waals surface area contributed by atoms with E-state index in [1.165, 1.54) is 0 Å². The Kier molecular flexibility index (Phi) is 25.4. The van der Waals surface area contributed by atoms with E-state index in [4.69, 9.17) is 52.6 Å². The predicted octanol–water partition coefficient (Wildman–Crippen LogP) is -1.44. The van der Waals surface area contributed by atoms with Crippen LogP contribution in [0.4, 0.5) is 0 Å². The average Bonchev–Trinajstić information content (AvgIpc) is 3.93. The van der Waals surface area contributed by atoms with E-state index in [2.05, 4.69) is 97.6 Å². The molecule has 11 rings (SSSR count). The van der Waals surface area contributed by atoms with E-state index in [-0.39, 0.29) is 157 Å². The van der Waals surface area contributed by atoms with Crippen molar-refractivity contribution < 1.29 is 148 Å². The summed E-state index contributed by atoms with van der Waals surface area (Å²) >= 11 is 13.4. The van der Waals surface area contributed by atoms with Crippen molar-refractivity contribution in [3.63, 3.8) is 0 Å². The maximum atomic E-state index is 12.5. The van der Waals surface area contributed by atoms with Crippen molar-refractivity contribution in [3.05, 3.63) is 88.8 Å². The number of hydrogen-bond donors (Lipinski definition) is 2. The van der Waals surface area contributed by atoms with Gasteiger partial charge in [0.25, 0.3) is 18.3 Å². The minimum absolute atomic E-state index is 0. The van der Waals surface area contributed by atoms with Crippen LogP contribution in [-0.4, -0.2) is 148 Å². The maximum absolute atomic E-state index is 12.5. The minimum atomic E-state index is -0.378. The van der Waals surface area contributed by atoms with Crippen LogP contribution >= 0.6 is 39.1 Å². The molecule has 31 heteroatoms. The molecule has 1 saturated heterocycles. The number of imidazole rings is 2. The number of amides is 4. The Morgan fingerprint density at radius 3 is 1.57 bits per heavy atom. The molecule has 6 aromatic heterocycles. The molecule has 0 atom stereocenters. The monoisotopic (exact) mass is 1310 g/mol. The molecular formula is C53H66BBrCl2K2N16O9. The Bertz CT molecular complexity index is 3660. The van der Waals surface area contributed by atoms with Crippen LogP contribution < -0.4 is 124 Å². The van der Waals surface area contributed by atoms with E-state index in [9.17, 15) is 19.2 Å². The largest absolute Gasteiger partial charge is 1.00 e. The molecule has 3 aliphatic rings. The standard InChI is InChI=1S/C22H24N8O2.C18H23BN4O2.C10H13BrN4O2.C2H4Cl2.CH2O3.2K.H/c1-13(31)29-7-8-30-18(12-29)20(25-21(30)22(32)23-2)14-5-6-17-16(9-14)19(26-28(17)4)15-10-24-27(3)11-15;1-17(2)18(3,4)25-19(24-17)13-7-8-15-14(9-13)16(21-23(15)6)12-10-20-22(5)11-12;1-6(16)14-3-4-15-7(5-14)8(11)13-9(15)10(17)12-2;1-2(3)4;2-1-4-3;;;/h5-6,9-11H,7-8,12H2,1-4H3,(H,23,32);7-11H,1-6H3;3-5H2,1-2H3,(H,12,17);2H,1H3;1,3H;;;/q;;;;;2*+1;-1/p-1. The van der Waals surface area contributed by atoms with Gasteiger partial charge in [-0.2, -0.15) is 20.4 Å². The van der Waals surface area contributed by atoms with E-state index in [1.54, 1.807) is 60.2 Å². The number of nitrogens with one attached hydrogen (secondary N) is 2. The van der Waals surface area contributed by atoms with Crippen molar-refractivity contribution in [2.45, 2.75) is 90.7 Å². The van der Waals surface area contributed by atoms with Crippen LogP contribution in [0, 0.1) is 0 Å². The number of fused-ring (bicyclic) bond motifs is 4. The van der Waals surface area contributed by atoms with Gasteiger partial charge in [0.1, 0.15) is 20.8 Å². The first-order chi connectivity index (χ1) is 38.7. The number of carbonyl (C=O) groups is 5. The van der Waals surface area contributed by atoms with Gasteiger partial charge in [-0.25, -0.2) is 9.97 Å². The molecule has 3 aliphatic heterocycles. The molecule has 2 N–H and O–H groups in total. The Labute approximate surface area is 591 Å². The fourth-order valence-corrected chi connectivity index (χ4v) is 9.88. The smallest absolute Gasteiger partial charge is 1.00 e. The summed E-state index contributed by atoms with van der Waals surface area (Å²) < 4.78 is 24.0. The second kappa shape index (κ2) is 30.2. The van der Waals surface area contributed by atoms with Gasteiger partial charge in [0, 0.05) is 122 Å². The number of benzene rings is 2. The SMILES string of the molecule is CC(Cl)Cl.CNC(=O)c1nc(-c2ccc3c(c2)c(-c2cnn(C)c2)nn3C)c2n1CCN(C(C)=O)C2.CNC(=O)c1nc(Br)c2n1CCN(C(C)=O)C2.Cn1cc(-c2nn(C)c3ccc(B4OC(C)(C)C(C)(C)O4)cc23)cn1.O=CO[O-].[H-].[K+].[K+]. The van der Waals surface area contributed by atoms with Crippen LogP contribution in [-0.2, 0) is 82.9 Å². The molecule has 25 nitrogen and oxygen atoms in total. The first kappa shape index (κ1) is 70.6. The van der Waals surface area contributed by atoms with Crippen molar-refractivity contribution in [2.24, 2.45) is 28.2 Å². The molecule has 0 spiro atoms. The summed E-state index contributed by atoms with van der Waals surface area (Å²) in [6.07, 6.45) is 7.54. The molecule has 438 valence electrons. The van der Waals surface area contributed by atoms with Gasteiger partial charge >= 0.3 is 110 Å². The zero-order chi connectivity index (χ0) is 60.1. The third-order valence-corrected chi connectivity index (χ3v) is 14.9. The zero-order valence-electron chi connectivity index (χ0n) is 50.8. The summed E-state index contributed by atoms with van der Waals surface area (Å²) in [5.74, 6) is 0.329. The molecule has 0 unspecified atom stereocenters. The van der Waals surface area contributed by atoms with Gasteiger partial charge in [0.15, 0.2) is 11.6 Å². The Hall–Kier alpha value is -4.15. The molecule has 0 saturated carbocycles. The van der Waals surface area contributed by atoms with Crippen LogP contribution in [0.5, 0.6) is 0 Å². The molecule has 0 aliphatic carbocycles. The van der Waals surface area contributed by atoms with Crippen molar-refractivity contribution in [3.8, 4) is 33.8 Å². The van der Waals surface area contributed by atoms with Crippen LogP contribution in [0.1, 0.15) is 82.5 Å². The summed E-state index contributed by atoms with van der Waals surface area (Å²) in [6, 6.07) is 12.3. The average molecular weight is 1310 g/mol. The number of rotatable bonds is 7. The number of nitrogens with zero attached hydrogens (tertiary/aromatic N) is 14. The summed E-state index contributed by atoms with van der Waals surface area (Å²) in [4.78, 5) is 70.9. The first-order valence-corrected chi connectivity index (χ1v) is 27.5. The fourth-order valence-electron chi connectivity index (χ4n) is 9.37. The van der Waals surface area contributed by atoms with Gasteiger partial charge in [0.05, 0.1) is 64.8 Å². The fraction of sp³-hybridized carbons (Fsp3) is 0.415. The summed E-state index contributed by atoms with van der Waals surface area (Å²) in [5.41, 5.74) is 9.34. The Morgan fingerprint density at radius 1 is 0.714 bits per heavy atom. The normalized spacial score (nSPS) is 14.4. The quantitative estimate of drug-likeness (QED) is 0.0609. The van der Waals surface area contributed by atoms with E-state index >= 15 is 0 Å². The first-order valence-electron chi connectivity index (χ1n) is 25.8. The third kappa shape index (κ3) is 15.9. The van der Waals surface area contributed by atoms with Gasteiger partial charge in [-0.15, -0.1) is 23.2 Å². The van der Waals surface area contributed by atoms with E-state index in [1.807, 2.05) is 83.5 Å². The molecule has 4 amide bonds. The molecular weight excluding hydrogens is 1240 g/mol. The van der Waals surface area contributed by atoms with Crippen LogP contribution in [0.15, 0.2) is 65.8 Å². The number of hydrogen-bond acceptors (Lipinski definition) is 15. The van der Waals surface area contributed by atoms with Crippen LogP contribution in [0.25, 0.3) is 55.6 Å². The van der Waals surface area contributed by atoms with Gasteiger partial charge in [-0.1, -0.05) is 18.2 Å². The second-order valence-electron chi connectivity index (χ2n) is 20.3. The van der Waals surface area contributed by atoms with Gasteiger partial charge in [0.2, 0.25) is 11.8 Å². The number of halogens is 3. The van der Waals surface area contributed by atoms with E-state index in [0.717, 1.165) is 66.7 Å². The van der Waals surface area contributed by atoms with Crippen LogP contribution in [0.2, 0.25) is 0 Å². The van der Waals surface area contributed by atoms with Crippen LogP contribution in [0.3, 0.4) is 0 Å². The second-order valence-corrected chi connectivity index (χ2v) is 22.6. The molecule has 1 fully saturated rings. The van der Waals surface area contributed by atoms with Crippen molar-refractivity contribution >= 4 is 104 Å². The van der Waals surface area contributed by atoms with E-state index in [0.29, 0.717) is 61.2 Å². The zero-order valence-corrected chi connectivity index (χ0v) is 59.2. The molecule has 2 aromatic carbocycles. The van der Waals surface area contributed by atoms with E-state index < -0.39 is 0 Å². The predicted molar refractivity (Wildman–Crippen MR) is 311 cm³/mol. The molecule has 0 radical (unpaired) electrons. The minimum Gasteiger partial charge on any atom is -1.00 e. The van der Waals surface area contributed by atoms with Crippen molar-refractivity contribution in [1.29, 1.82) is 0 Å². The van der Waals surface area contributed by atoms with Crippen molar-refractivity contribution in [1.82, 2.24) is 78.7 Å². The molecule has 8 aromatic rings. The Morgan fingerprint density at radius 2 is 1.14 bits per heavy atom. The number of carbonyl (C=O) groups excluding carboxylic acids is 5. The van der Waals surface area contributed by atoms with Gasteiger partial charge in [-0.3, -0.25) is 42.7 Å². The van der Waals surface area contributed by atoms with Gasteiger partial charge in [-0.05, 0) is 74.2 Å². The topological polar surface area (TPSA) is 274 Å². The number of aryl methyl sites for hydroxylation is 4. The number of alkyl halides is 2. The van der Waals surface area contributed by atoms with Crippen molar-refractivity contribution in [2.75, 3.05) is 27.2 Å². The molecule has 84 heavy (non-hydrogen) atoms. The molecule has 0 bridgehead atoms. The summed E-state index contributed by atoms with van der Waals surface area (Å²) in [5, 5.41) is 33.6. The third-order valence-electron chi connectivity index (χ3n) is 14.2. The number of aromatic nitrogens is 12. The Balaban J connectivity index is 0.000000261. The summed E-state index contributed by atoms with van der Waals surface area (Å²) in [6.45, 7) is 16.1. The maximum Gasteiger partial charge on any atom is 1.00 e. The van der Waals surface area contributed by atoms with Gasteiger partial charge < -0.3 is 50.4 Å². The summed E-state index contributed by atoms with van der Waals surface area (Å²) in [7, 11) is 10.4. The molecule has 9 heterocycles.